The molecule has 0 spiro atoms. The van der Waals surface area contributed by atoms with Gasteiger partial charge in [-0.25, -0.2) is 13.2 Å². The fourth-order valence-electron chi connectivity index (χ4n) is 1.55. The highest BCUT2D eigenvalue weighted by atomic mass is 19.2. The van der Waals surface area contributed by atoms with Crippen LogP contribution < -0.4 is 5.73 Å². The van der Waals surface area contributed by atoms with Crippen molar-refractivity contribution < 1.29 is 13.2 Å². The molecule has 1 aromatic carbocycles. The number of hydrogen-bond donors (Lipinski definition) is 1. The van der Waals surface area contributed by atoms with Gasteiger partial charge in [-0.15, -0.1) is 5.10 Å². The van der Waals surface area contributed by atoms with Crippen LogP contribution in [0.25, 0.3) is 5.69 Å². The third-order valence-corrected chi connectivity index (χ3v) is 2.37. The Bertz CT molecular complexity index is 580. The minimum absolute atomic E-state index is 0.0663. The lowest BCUT2D eigenvalue weighted by Crippen LogP contribution is -2.06. The van der Waals surface area contributed by atoms with Crippen LogP contribution in [-0.2, 0) is 6.42 Å². The SMILES string of the molecule is CCCc1nc(N)n(-c2cc(F)c(F)cc2F)n1. The lowest BCUT2D eigenvalue weighted by molar-refractivity contribution is 0.491. The van der Waals surface area contributed by atoms with E-state index in [0.717, 1.165) is 11.1 Å². The van der Waals surface area contributed by atoms with Crippen molar-refractivity contribution in [1.82, 2.24) is 14.8 Å². The first-order valence-corrected chi connectivity index (χ1v) is 5.39. The largest absolute Gasteiger partial charge is 0.368 e. The van der Waals surface area contributed by atoms with Gasteiger partial charge in [0.05, 0.1) is 0 Å². The Morgan fingerprint density at radius 1 is 1.17 bits per heavy atom. The maximum absolute atomic E-state index is 13.5. The topological polar surface area (TPSA) is 56.7 Å². The van der Waals surface area contributed by atoms with E-state index in [-0.39, 0.29) is 11.6 Å². The zero-order valence-electron chi connectivity index (χ0n) is 9.62. The Labute approximate surface area is 101 Å². The second kappa shape index (κ2) is 4.67. The van der Waals surface area contributed by atoms with E-state index >= 15 is 0 Å². The van der Waals surface area contributed by atoms with E-state index < -0.39 is 17.5 Å². The van der Waals surface area contributed by atoms with Crippen molar-refractivity contribution in [2.24, 2.45) is 0 Å². The standard InChI is InChI=1S/C11H11F3N4/c1-2-3-10-16-11(15)18(17-10)9-5-7(13)6(12)4-8(9)14/h4-5H,2-3H2,1H3,(H2,15,16,17). The van der Waals surface area contributed by atoms with E-state index in [2.05, 4.69) is 10.1 Å². The average molecular weight is 256 g/mol. The number of halogens is 3. The summed E-state index contributed by atoms with van der Waals surface area (Å²) in [5, 5.41) is 3.95. The van der Waals surface area contributed by atoms with E-state index in [4.69, 9.17) is 5.73 Å². The minimum atomic E-state index is -1.26. The van der Waals surface area contributed by atoms with Crippen LogP contribution in [0, 0.1) is 17.5 Å². The van der Waals surface area contributed by atoms with Gasteiger partial charge in [0.1, 0.15) is 5.69 Å². The molecule has 0 bridgehead atoms. The van der Waals surface area contributed by atoms with Crippen molar-refractivity contribution in [2.45, 2.75) is 19.8 Å². The predicted octanol–water partition coefficient (Wildman–Crippen LogP) is 2.22. The summed E-state index contributed by atoms with van der Waals surface area (Å²) < 4.78 is 40.4. The lowest BCUT2D eigenvalue weighted by Gasteiger charge is -2.04. The fraction of sp³-hybridized carbons (Fsp3) is 0.273. The first kappa shape index (κ1) is 12.4. The minimum Gasteiger partial charge on any atom is -0.368 e. The average Bonchev–Trinajstić information content (AvgIpc) is 2.65. The molecule has 4 nitrogen and oxygen atoms in total. The van der Waals surface area contributed by atoms with Gasteiger partial charge < -0.3 is 5.73 Å². The molecule has 2 rings (SSSR count). The van der Waals surface area contributed by atoms with Gasteiger partial charge in [0, 0.05) is 18.6 Å². The van der Waals surface area contributed by atoms with Crippen molar-refractivity contribution in [3.63, 3.8) is 0 Å². The number of nitrogens with two attached hydrogens (primary N) is 1. The fourth-order valence-corrected chi connectivity index (χ4v) is 1.55. The van der Waals surface area contributed by atoms with E-state index in [1.165, 1.54) is 0 Å². The van der Waals surface area contributed by atoms with Crippen LogP contribution in [0.2, 0.25) is 0 Å². The Morgan fingerprint density at radius 3 is 2.50 bits per heavy atom. The van der Waals surface area contributed by atoms with Crippen LogP contribution in [0.3, 0.4) is 0 Å². The molecule has 0 saturated heterocycles. The second-order valence-electron chi connectivity index (χ2n) is 3.77. The molecule has 0 aliphatic carbocycles. The molecular formula is C11H11F3N4. The van der Waals surface area contributed by atoms with Gasteiger partial charge in [-0.2, -0.15) is 9.67 Å². The van der Waals surface area contributed by atoms with Crippen molar-refractivity contribution in [1.29, 1.82) is 0 Å². The monoisotopic (exact) mass is 256 g/mol. The maximum Gasteiger partial charge on any atom is 0.223 e. The molecule has 0 fully saturated rings. The highest BCUT2D eigenvalue weighted by Gasteiger charge is 2.15. The first-order chi connectivity index (χ1) is 8.52. The number of rotatable bonds is 3. The van der Waals surface area contributed by atoms with Crippen LogP contribution in [-0.4, -0.2) is 14.8 Å². The summed E-state index contributed by atoms with van der Waals surface area (Å²) in [6.45, 7) is 1.93. The number of nitrogens with zero attached hydrogens (tertiary/aromatic N) is 3. The smallest absolute Gasteiger partial charge is 0.223 e. The summed E-state index contributed by atoms with van der Waals surface area (Å²) in [6, 6.07) is 1.15. The number of hydrogen-bond acceptors (Lipinski definition) is 3. The summed E-state index contributed by atoms with van der Waals surface area (Å²) in [4.78, 5) is 3.92. The number of aromatic nitrogens is 3. The predicted molar refractivity (Wildman–Crippen MR) is 59.6 cm³/mol. The molecule has 1 heterocycles. The van der Waals surface area contributed by atoms with Crippen molar-refractivity contribution in [2.75, 3.05) is 5.73 Å². The third kappa shape index (κ3) is 2.15. The third-order valence-electron chi connectivity index (χ3n) is 2.37. The highest BCUT2D eigenvalue weighted by molar-refractivity contribution is 5.39. The van der Waals surface area contributed by atoms with Crippen LogP contribution in [0.5, 0.6) is 0 Å². The quantitative estimate of drug-likeness (QED) is 0.857. The van der Waals surface area contributed by atoms with Crippen LogP contribution >= 0.6 is 0 Å². The van der Waals surface area contributed by atoms with Gasteiger partial charge >= 0.3 is 0 Å². The van der Waals surface area contributed by atoms with E-state index in [1.54, 1.807) is 0 Å². The number of aryl methyl sites for hydroxylation is 1. The van der Waals surface area contributed by atoms with Gasteiger partial charge in [-0.05, 0) is 6.42 Å². The molecule has 0 amide bonds. The highest BCUT2D eigenvalue weighted by Crippen LogP contribution is 2.19. The van der Waals surface area contributed by atoms with E-state index in [0.29, 0.717) is 24.4 Å². The first-order valence-electron chi connectivity index (χ1n) is 5.39. The van der Waals surface area contributed by atoms with Gasteiger partial charge in [0.2, 0.25) is 5.95 Å². The Kier molecular flexibility index (Phi) is 3.22. The van der Waals surface area contributed by atoms with Gasteiger partial charge in [0.15, 0.2) is 23.3 Å². The summed E-state index contributed by atoms with van der Waals surface area (Å²) >= 11 is 0. The Morgan fingerprint density at radius 2 is 1.83 bits per heavy atom. The molecule has 96 valence electrons. The Hall–Kier alpha value is -2.05. The van der Waals surface area contributed by atoms with Crippen LogP contribution in [0.15, 0.2) is 12.1 Å². The summed E-state index contributed by atoms with van der Waals surface area (Å²) in [7, 11) is 0. The zero-order chi connectivity index (χ0) is 13.3. The van der Waals surface area contributed by atoms with Crippen LogP contribution in [0.4, 0.5) is 19.1 Å². The normalized spacial score (nSPS) is 10.9. The van der Waals surface area contributed by atoms with E-state index in [9.17, 15) is 13.2 Å². The summed E-state index contributed by atoms with van der Waals surface area (Å²) in [5.74, 6) is -3.02. The molecule has 1 aromatic heterocycles. The molecule has 18 heavy (non-hydrogen) atoms. The molecule has 0 aliphatic rings. The van der Waals surface area contributed by atoms with Crippen molar-refractivity contribution in [3.05, 3.63) is 35.4 Å². The van der Waals surface area contributed by atoms with Gasteiger partial charge in [-0.1, -0.05) is 6.92 Å². The van der Waals surface area contributed by atoms with E-state index in [1.807, 2.05) is 6.92 Å². The summed E-state index contributed by atoms with van der Waals surface area (Å²) in [6.07, 6.45) is 1.37. The zero-order valence-corrected chi connectivity index (χ0v) is 9.62. The lowest BCUT2D eigenvalue weighted by atomic mass is 10.3. The molecule has 2 aromatic rings. The molecule has 2 N–H and O–H groups in total. The molecule has 0 saturated carbocycles. The van der Waals surface area contributed by atoms with Crippen molar-refractivity contribution in [3.8, 4) is 5.69 Å². The number of anilines is 1. The maximum atomic E-state index is 13.5. The second-order valence-corrected chi connectivity index (χ2v) is 3.77. The summed E-state index contributed by atoms with van der Waals surface area (Å²) in [5.41, 5.74) is 5.30. The molecule has 0 aliphatic heterocycles. The Balaban J connectivity index is 2.51. The molecular weight excluding hydrogens is 245 g/mol. The van der Waals surface area contributed by atoms with Gasteiger partial charge in [-0.3, -0.25) is 0 Å². The van der Waals surface area contributed by atoms with Gasteiger partial charge in [0.25, 0.3) is 0 Å². The molecule has 0 atom stereocenters. The number of benzene rings is 1. The molecule has 0 unspecified atom stereocenters. The molecule has 7 heteroatoms. The number of nitrogen functional groups attached to an aromatic ring is 1. The molecule has 0 radical (unpaired) electrons. The van der Waals surface area contributed by atoms with Crippen molar-refractivity contribution >= 4 is 5.95 Å². The van der Waals surface area contributed by atoms with Crippen LogP contribution in [0.1, 0.15) is 19.2 Å².